The van der Waals surface area contributed by atoms with Gasteiger partial charge in [0.25, 0.3) is 0 Å². The van der Waals surface area contributed by atoms with E-state index >= 15 is 0 Å². The fourth-order valence-corrected chi connectivity index (χ4v) is 2.05. The van der Waals surface area contributed by atoms with Crippen molar-refractivity contribution in [3.8, 4) is 34.2 Å². The van der Waals surface area contributed by atoms with Crippen molar-refractivity contribution in [1.29, 1.82) is 0 Å². The van der Waals surface area contributed by atoms with E-state index in [9.17, 15) is 29.9 Å². The van der Waals surface area contributed by atoms with Gasteiger partial charge < -0.3 is 19.8 Å². The molecule has 0 amide bonds. The van der Waals surface area contributed by atoms with E-state index in [1.807, 2.05) is 0 Å². The summed E-state index contributed by atoms with van der Waals surface area (Å²) in [6.45, 7) is 0. The highest BCUT2D eigenvalue weighted by Crippen LogP contribution is 2.39. The topological polar surface area (TPSA) is 137 Å². The molecule has 0 bridgehead atoms. The van der Waals surface area contributed by atoms with E-state index in [4.69, 9.17) is 4.42 Å². The van der Waals surface area contributed by atoms with Gasteiger partial charge in [0.05, 0.1) is 4.92 Å². The molecule has 24 heavy (non-hydrogen) atoms. The second kappa shape index (κ2) is 5.50. The zero-order valence-corrected chi connectivity index (χ0v) is 11.7. The zero-order chi connectivity index (χ0) is 17.4. The lowest BCUT2D eigenvalue weighted by molar-refractivity contribution is -0.636. The Morgan fingerprint density at radius 3 is 2.79 bits per heavy atom. The average Bonchev–Trinajstić information content (AvgIpc) is 3.02. The highest BCUT2D eigenvalue weighted by atomic mass is 19.1. The summed E-state index contributed by atoms with van der Waals surface area (Å²) in [6, 6.07) is 4.59. The lowest BCUT2D eigenvalue weighted by atomic mass is 10.1. The number of nitrogens with zero attached hydrogens (tertiary/aromatic N) is 3. The summed E-state index contributed by atoms with van der Waals surface area (Å²) in [5, 5.41) is 41.1. The lowest BCUT2D eigenvalue weighted by Gasteiger charge is -2.02. The monoisotopic (exact) mass is 333 g/mol. The molecular weight excluding hydrogens is 325 g/mol. The number of oxazole rings is 1. The lowest BCUT2D eigenvalue weighted by Crippen LogP contribution is -2.30. The van der Waals surface area contributed by atoms with E-state index in [2.05, 4.69) is 4.98 Å². The predicted octanol–water partition coefficient (Wildman–Crippen LogP) is 2.10. The molecule has 3 rings (SSSR count). The first-order valence-electron chi connectivity index (χ1n) is 6.43. The van der Waals surface area contributed by atoms with Gasteiger partial charge in [0.1, 0.15) is 17.5 Å². The fourth-order valence-electron chi connectivity index (χ4n) is 2.05. The largest absolute Gasteiger partial charge is 0.617 e. The maximum absolute atomic E-state index is 13.8. The van der Waals surface area contributed by atoms with Gasteiger partial charge in [0.2, 0.25) is 11.6 Å². The van der Waals surface area contributed by atoms with Gasteiger partial charge >= 0.3 is 11.6 Å². The molecule has 0 spiro atoms. The molecule has 0 unspecified atom stereocenters. The summed E-state index contributed by atoms with van der Waals surface area (Å²) in [7, 11) is 0. The average molecular weight is 333 g/mol. The van der Waals surface area contributed by atoms with Crippen molar-refractivity contribution in [1.82, 2.24) is 4.98 Å². The van der Waals surface area contributed by atoms with Crippen molar-refractivity contribution in [2.24, 2.45) is 0 Å². The maximum Gasteiger partial charge on any atom is 0.383 e. The molecule has 122 valence electrons. The molecule has 0 aliphatic heterocycles. The van der Waals surface area contributed by atoms with Crippen LogP contribution >= 0.6 is 0 Å². The zero-order valence-electron chi connectivity index (χ0n) is 11.7. The van der Waals surface area contributed by atoms with Gasteiger partial charge in [-0.3, -0.25) is 10.1 Å². The smallest absolute Gasteiger partial charge is 0.383 e. The summed E-state index contributed by atoms with van der Waals surface area (Å²) in [5.74, 6) is -2.94. The molecule has 0 aliphatic carbocycles. The second-order valence-electron chi connectivity index (χ2n) is 4.70. The molecule has 0 saturated heterocycles. The van der Waals surface area contributed by atoms with Gasteiger partial charge in [0.15, 0.2) is 11.9 Å². The summed E-state index contributed by atoms with van der Waals surface area (Å²) in [5.41, 5.74) is -0.809. The minimum absolute atomic E-state index is 0.00354. The van der Waals surface area contributed by atoms with Crippen molar-refractivity contribution < 1.29 is 28.7 Å². The number of hydrogen-bond donors (Lipinski definition) is 2. The van der Waals surface area contributed by atoms with Crippen LogP contribution in [0, 0.1) is 21.3 Å². The maximum atomic E-state index is 13.8. The van der Waals surface area contributed by atoms with Crippen LogP contribution < -0.4 is 4.73 Å². The molecule has 9 nitrogen and oxygen atoms in total. The Bertz CT molecular complexity index is 956. The molecule has 2 heterocycles. The number of aromatic nitrogens is 2. The van der Waals surface area contributed by atoms with Crippen molar-refractivity contribution in [2.75, 3.05) is 0 Å². The normalized spacial score (nSPS) is 10.7. The van der Waals surface area contributed by atoms with E-state index in [0.717, 1.165) is 24.6 Å². The number of pyridine rings is 1. The molecular formula is C14H8FN3O6. The van der Waals surface area contributed by atoms with Crippen LogP contribution in [-0.4, -0.2) is 20.1 Å². The molecule has 3 aromatic rings. The number of phenols is 2. The van der Waals surface area contributed by atoms with Gasteiger partial charge in [-0.25, -0.2) is 4.98 Å². The Morgan fingerprint density at radius 2 is 2.08 bits per heavy atom. The third-order valence-electron chi connectivity index (χ3n) is 3.20. The van der Waals surface area contributed by atoms with Crippen molar-refractivity contribution in [3.63, 3.8) is 0 Å². The van der Waals surface area contributed by atoms with E-state index < -0.39 is 28.1 Å². The number of halogens is 1. The SMILES string of the molecule is O=[N+]([O-])c1cc(-c2coc(-c3ccc[n+]([O-])c3F)n2)cc(O)c1O. The van der Waals surface area contributed by atoms with Crippen molar-refractivity contribution in [2.45, 2.75) is 0 Å². The highest BCUT2D eigenvalue weighted by Gasteiger charge is 2.22. The van der Waals surface area contributed by atoms with Crippen LogP contribution in [0.2, 0.25) is 0 Å². The Morgan fingerprint density at radius 1 is 1.33 bits per heavy atom. The molecule has 0 fully saturated rings. The number of nitro benzene ring substituents is 1. The number of phenolic OH excluding ortho intramolecular Hbond substituents is 2. The first kappa shape index (κ1) is 15.2. The first-order chi connectivity index (χ1) is 11.4. The van der Waals surface area contributed by atoms with Crippen LogP contribution in [0.1, 0.15) is 0 Å². The molecule has 10 heteroatoms. The van der Waals surface area contributed by atoms with Crippen LogP contribution in [-0.2, 0) is 0 Å². The number of rotatable bonds is 3. The first-order valence-corrected chi connectivity index (χ1v) is 6.43. The standard InChI is InChI=1S/C14H8FN3O6/c15-13-8(2-1-3-17(13)21)14-16-9(6-24-14)7-4-10(18(22)23)12(20)11(19)5-7/h1-6,19-20H. The van der Waals surface area contributed by atoms with Crippen LogP contribution in [0.15, 0.2) is 41.1 Å². The molecule has 0 aliphatic rings. The van der Waals surface area contributed by atoms with E-state index in [1.165, 1.54) is 12.1 Å². The predicted molar refractivity (Wildman–Crippen MR) is 76.3 cm³/mol. The molecule has 1 aromatic carbocycles. The minimum atomic E-state index is -1.12. The summed E-state index contributed by atoms with van der Waals surface area (Å²) < 4.78 is 18.9. The Kier molecular flexibility index (Phi) is 3.49. The number of aromatic hydroxyl groups is 2. The number of hydrogen-bond acceptors (Lipinski definition) is 7. The van der Waals surface area contributed by atoms with E-state index in [-0.39, 0.29) is 27.4 Å². The molecule has 0 atom stereocenters. The van der Waals surface area contributed by atoms with Gasteiger partial charge in [-0.1, -0.05) is 0 Å². The molecule has 0 radical (unpaired) electrons. The summed E-state index contributed by atoms with van der Waals surface area (Å²) >= 11 is 0. The number of benzene rings is 1. The number of nitro groups is 1. The van der Waals surface area contributed by atoms with Gasteiger partial charge in [-0.2, -0.15) is 0 Å². The van der Waals surface area contributed by atoms with E-state index in [0.29, 0.717) is 0 Å². The molecule has 2 N–H and O–H groups in total. The van der Waals surface area contributed by atoms with Crippen LogP contribution in [0.4, 0.5) is 10.1 Å². The Labute approximate surface area is 132 Å². The minimum Gasteiger partial charge on any atom is -0.617 e. The van der Waals surface area contributed by atoms with Crippen molar-refractivity contribution >= 4 is 5.69 Å². The van der Waals surface area contributed by atoms with Crippen LogP contribution in [0.3, 0.4) is 0 Å². The van der Waals surface area contributed by atoms with Gasteiger partial charge in [-0.05, 0) is 12.1 Å². The third-order valence-corrected chi connectivity index (χ3v) is 3.20. The second-order valence-corrected chi connectivity index (χ2v) is 4.70. The van der Waals surface area contributed by atoms with Gasteiger partial charge in [-0.15, -0.1) is 9.12 Å². The summed E-state index contributed by atoms with van der Waals surface area (Å²) in [6.07, 6.45) is 2.04. The van der Waals surface area contributed by atoms with Crippen LogP contribution in [0.5, 0.6) is 11.5 Å². The quantitative estimate of drug-likeness (QED) is 0.187. The highest BCUT2D eigenvalue weighted by molar-refractivity contribution is 5.71. The Hall–Kier alpha value is -3.69. The Balaban J connectivity index is 2.09. The van der Waals surface area contributed by atoms with E-state index in [1.54, 1.807) is 0 Å². The van der Waals surface area contributed by atoms with Crippen molar-refractivity contribution in [3.05, 3.63) is 58.0 Å². The third kappa shape index (κ3) is 2.45. The molecule has 0 saturated carbocycles. The fraction of sp³-hybridized carbons (Fsp3) is 0. The van der Waals surface area contributed by atoms with Gasteiger partial charge in [0, 0.05) is 17.7 Å². The summed E-state index contributed by atoms with van der Waals surface area (Å²) in [4.78, 5) is 13.9. The molecule has 2 aromatic heterocycles. The van der Waals surface area contributed by atoms with Crippen LogP contribution in [0.25, 0.3) is 22.7 Å².